The molecule has 0 radical (unpaired) electrons. The lowest BCUT2D eigenvalue weighted by molar-refractivity contribution is 0.516. The lowest BCUT2D eigenvalue weighted by Crippen LogP contribution is -2.29. The first-order valence-corrected chi connectivity index (χ1v) is 11.3. The number of hydrogen-bond donors (Lipinski definition) is 1. The number of nitrogens with one attached hydrogen (secondary N) is 1. The van der Waals surface area contributed by atoms with Gasteiger partial charge < -0.3 is 4.18 Å². The molecule has 27 heavy (non-hydrogen) atoms. The molecule has 2 atom stereocenters. The molecule has 0 spiro atoms. The van der Waals surface area contributed by atoms with Crippen LogP contribution in [0.1, 0.15) is 44.9 Å². The summed E-state index contributed by atoms with van der Waals surface area (Å²) in [6.07, 6.45) is 0. The molecule has 0 aliphatic heterocycles. The molecular formula is C19H24ClNO4S2. The highest BCUT2D eigenvalue weighted by Gasteiger charge is 2.26. The molecule has 5 nitrogen and oxygen atoms in total. The van der Waals surface area contributed by atoms with Gasteiger partial charge in [-0.3, -0.25) is 0 Å². The molecule has 8 heteroatoms. The highest BCUT2D eigenvalue weighted by molar-refractivity contribution is 7.89. The summed E-state index contributed by atoms with van der Waals surface area (Å²) in [5.41, 5.74) is 1.48. The van der Waals surface area contributed by atoms with Gasteiger partial charge in [-0.05, 0) is 65.0 Å². The monoisotopic (exact) mass is 429 g/mol. The lowest BCUT2D eigenvalue weighted by atomic mass is 10.1. The third kappa shape index (κ3) is 5.78. The third-order valence-corrected chi connectivity index (χ3v) is 6.89. The Hall–Kier alpha value is -1.41. The molecule has 0 amide bonds. The van der Waals surface area contributed by atoms with E-state index in [9.17, 15) is 12.6 Å². The van der Waals surface area contributed by atoms with E-state index in [4.69, 9.17) is 15.8 Å². The van der Waals surface area contributed by atoms with Crippen molar-refractivity contribution < 1.29 is 16.8 Å². The Morgan fingerprint density at radius 3 is 2.26 bits per heavy atom. The van der Waals surface area contributed by atoms with Crippen LogP contribution in [0.3, 0.4) is 0 Å². The molecule has 148 valence electrons. The van der Waals surface area contributed by atoms with Gasteiger partial charge in [0.05, 0.1) is 9.64 Å². The van der Waals surface area contributed by atoms with Gasteiger partial charge in [-0.2, -0.15) is 0 Å². The number of rotatable bonds is 6. The minimum atomic E-state index is -3.74. The van der Waals surface area contributed by atoms with Crippen molar-refractivity contribution in [2.24, 2.45) is 0 Å². The van der Waals surface area contributed by atoms with Gasteiger partial charge in [0, 0.05) is 16.6 Å². The second-order valence-corrected chi connectivity index (χ2v) is 11.3. The van der Waals surface area contributed by atoms with Crippen molar-refractivity contribution in [3.05, 3.63) is 58.6 Å². The zero-order valence-corrected chi connectivity index (χ0v) is 18.3. The van der Waals surface area contributed by atoms with E-state index in [0.29, 0.717) is 16.3 Å². The van der Waals surface area contributed by atoms with E-state index in [1.54, 1.807) is 70.2 Å². The Balaban J connectivity index is 2.32. The molecule has 0 aliphatic rings. The predicted molar refractivity (Wildman–Crippen MR) is 110 cm³/mol. The van der Waals surface area contributed by atoms with Gasteiger partial charge in [0.1, 0.15) is 5.75 Å². The standard InChI is InChI=1S/C19H24ClNO4S2/c1-13-6-9-16(10-7-13)27(23,24)21-14(2)17-12-15(20)8-11-18(17)25-26(22)19(3,4)5/h6-12,14,21H,1-5H3/t14-,26?/m1/s1. The molecule has 0 saturated carbocycles. The normalized spacial score (nSPS) is 14.6. The quantitative estimate of drug-likeness (QED) is 0.732. The van der Waals surface area contributed by atoms with Crippen LogP contribution in [0.5, 0.6) is 5.75 Å². The first-order chi connectivity index (χ1) is 12.4. The summed E-state index contributed by atoms with van der Waals surface area (Å²) in [6.45, 7) is 8.95. The maximum Gasteiger partial charge on any atom is 0.241 e. The van der Waals surface area contributed by atoms with E-state index in [1.165, 1.54) is 0 Å². The second-order valence-electron chi connectivity index (χ2n) is 7.27. The minimum Gasteiger partial charge on any atom is -0.400 e. The Morgan fingerprint density at radius 2 is 1.70 bits per heavy atom. The van der Waals surface area contributed by atoms with Crippen LogP contribution in [0, 0.1) is 6.92 Å². The summed E-state index contributed by atoms with van der Waals surface area (Å²) >= 11 is 4.48. The average molecular weight is 430 g/mol. The largest absolute Gasteiger partial charge is 0.400 e. The van der Waals surface area contributed by atoms with Gasteiger partial charge in [0.25, 0.3) is 0 Å². The molecular weight excluding hydrogens is 406 g/mol. The van der Waals surface area contributed by atoms with Crippen LogP contribution >= 0.6 is 11.6 Å². The average Bonchev–Trinajstić information content (AvgIpc) is 2.55. The highest BCUT2D eigenvalue weighted by Crippen LogP contribution is 2.31. The van der Waals surface area contributed by atoms with Crippen LogP contribution in [0.15, 0.2) is 47.4 Å². The topological polar surface area (TPSA) is 72.5 Å². The number of sulfonamides is 1. The Morgan fingerprint density at radius 1 is 1.11 bits per heavy atom. The first-order valence-electron chi connectivity index (χ1n) is 8.39. The molecule has 2 rings (SSSR count). The number of benzene rings is 2. The molecule has 0 fully saturated rings. The van der Waals surface area contributed by atoms with Crippen LogP contribution in [0.4, 0.5) is 0 Å². The third-order valence-electron chi connectivity index (χ3n) is 3.77. The summed E-state index contributed by atoms with van der Waals surface area (Å²) in [4.78, 5) is 0.169. The predicted octanol–water partition coefficient (Wildman–Crippen LogP) is 4.53. The smallest absolute Gasteiger partial charge is 0.241 e. The zero-order valence-electron chi connectivity index (χ0n) is 15.9. The molecule has 0 bridgehead atoms. The van der Waals surface area contributed by atoms with Crippen molar-refractivity contribution in [3.8, 4) is 5.75 Å². The summed E-state index contributed by atoms with van der Waals surface area (Å²) in [7, 11) is -3.74. The Bertz CT molecular complexity index is 935. The summed E-state index contributed by atoms with van der Waals surface area (Å²) in [5, 5.41) is 0.431. The molecule has 2 aromatic rings. The van der Waals surface area contributed by atoms with E-state index in [1.807, 2.05) is 6.92 Å². The fraction of sp³-hybridized carbons (Fsp3) is 0.368. The second kappa shape index (κ2) is 8.31. The molecule has 0 saturated heterocycles. The molecule has 0 aromatic heterocycles. The van der Waals surface area contributed by atoms with Crippen LogP contribution in [0.25, 0.3) is 0 Å². The van der Waals surface area contributed by atoms with Crippen molar-refractivity contribution in [1.29, 1.82) is 0 Å². The van der Waals surface area contributed by atoms with Gasteiger partial charge in [0.15, 0.2) is 0 Å². The first kappa shape index (κ1) is 21.9. The maximum absolute atomic E-state index is 12.7. The lowest BCUT2D eigenvalue weighted by Gasteiger charge is -2.21. The maximum atomic E-state index is 12.7. The summed E-state index contributed by atoms with van der Waals surface area (Å²) in [5.74, 6) is 0.326. The SMILES string of the molecule is Cc1ccc(S(=O)(=O)N[C@H](C)c2cc(Cl)ccc2OS(=O)C(C)(C)C)cc1. The van der Waals surface area contributed by atoms with Gasteiger partial charge in [-0.1, -0.05) is 29.3 Å². The summed E-state index contributed by atoms with van der Waals surface area (Å²) in [6, 6.07) is 10.8. The number of aryl methyl sites for hydroxylation is 1. The highest BCUT2D eigenvalue weighted by atomic mass is 35.5. The van der Waals surface area contributed by atoms with E-state index in [-0.39, 0.29) is 4.90 Å². The fourth-order valence-corrected chi connectivity index (χ4v) is 4.19. The van der Waals surface area contributed by atoms with Gasteiger partial charge in [-0.25, -0.2) is 17.3 Å². The van der Waals surface area contributed by atoms with E-state index >= 15 is 0 Å². The van der Waals surface area contributed by atoms with Crippen molar-refractivity contribution in [1.82, 2.24) is 4.72 Å². The van der Waals surface area contributed by atoms with Crippen molar-refractivity contribution in [2.45, 2.75) is 50.3 Å². The zero-order chi connectivity index (χ0) is 20.4. The fourth-order valence-electron chi connectivity index (χ4n) is 2.22. The molecule has 1 N–H and O–H groups in total. The molecule has 0 aliphatic carbocycles. The van der Waals surface area contributed by atoms with Gasteiger partial charge in [0.2, 0.25) is 21.1 Å². The Labute approximate surface area is 168 Å². The Kier molecular flexibility index (Phi) is 6.73. The van der Waals surface area contributed by atoms with E-state index in [2.05, 4.69) is 4.72 Å². The molecule has 2 aromatic carbocycles. The van der Waals surface area contributed by atoms with E-state index in [0.717, 1.165) is 5.56 Å². The van der Waals surface area contributed by atoms with Crippen molar-refractivity contribution >= 4 is 32.7 Å². The van der Waals surface area contributed by atoms with Crippen molar-refractivity contribution in [2.75, 3.05) is 0 Å². The minimum absolute atomic E-state index is 0.169. The van der Waals surface area contributed by atoms with E-state index < -0.39 is 31.9 Å². The van der Waals surface area contributed by atoms with Gasteiger partial charge >= 0.3 is 0 Å². The number of halogens is 1. The van der Waals surface area contributed by atoms with Crippen LogP contribution in [0.2, 0.25) is 5.02 Å². The van der Waals surface area contributed by atoms with Gasteiger partial charge in [-0.15, -0.1) is 0 Å². The van der Waals surface area contributed by atoms with Crippen LogP contribution < -0.4 is 8.91 Å². The molecule has 0 heterocycles. The van der Waals surface area contributed by atoms with Crippen LogP contribution in [-0.4, -0.2) is 17.4 Å². The van der Waals surface area contributed by atoms with Crippen molar-refractivity contribution in [3.63, 3.8) is 0 Å². The van der Waals surface area contributed by atoms with Crippen LogP contribution in [-0.2, 0) is 21.1 Å². The number of hydrogen-bond acceptors (Lipinski definition) is 4. The molecule has 1 unspecified atom stereocenters. The summed E-state index contributed by atoms with van der Waals surface area (Å²) < 4.78 is 45.3.